The molecule has 0 saturated heterocycles. The van der Waals surface area contributed by atoms with Crippen molar-refractivity contribution in [2.24, 2.45) is 5.41 Å². The molecule has 0 aromatic heterocycles. The molecule has 0 radical (unpaired) electrons. The first-order chi connectivity index (χ1) is 15.4. The highest BCUT2D eigenvalue weighted by atomic mass is 16.5. The van der Waals surface area contributed by atoms with E-state index in [4.69, 9.17) is 20.9 Å². The molecule has 1 aliphatic carbocycles. The van der Waals surface area contributed by atoms with Crippen LogP contribution < -0.4 is 11.5 Å². The van der Waals surface area contributed by atoms with E-state index in [9.17, 15) is 14.4 Å². The number of ketones is 1. The van der Waals surface area contributed by atoms with Crippen LogP contribution in [-0.4, -0.2) is 30.9 Å². The fraction of sp³-hybridized carbons (Fsp3) is 0.160. The van der Waals surface area contributed by atoms with Gasteiger partial charge >= 0.3 is 11.9 Å². The Bertz CT molecular complexity index is 1110. The highest BCUT2D eigenvalue weighted by Gasteiger charge is 2.48. The Morgan fingerprint density at radius 3 is 1.69 bits per heavy atom. The molecule has 32 heavy (non-hydrogen) atoms. The van der Waals surface area contributed by atoms with Crippen molar-refractivity contribution in [2.45, 2.75) is 6.42 Å². The number of hydrogen-bond donors (Lipinski definition) is 2. The number of anilines is 2. The lowest BCUT2D eigenvalue weighted by Crippen LogP contribution is -2.40. The van der Waals surface area contributed by atoms with Crippen molar-refractivity contribution in [3.63, 3.8) is 0 Å². The molecule has 3 aromatic rings. The van der Waals surface area contributed by atoms with Gasteiger partial charge in [0, 0.05) is 16.9 Å². The number of Topliss-reactive ketones (excluding diaryl/α,β-unsaturated/α-hetero) is 1. The SMILES string of the molecule is Nc1ccc(C(=O)OCC2(COC(=O)c3ccc(N)cc3)Cc3ccccc3C2=O)cc1. The smallest absolute Gasteiger partial charge is 0.338 e. The van der Waals surface area contributed by atoms with Crippen LogP contribution >= 0.6 is 0 Å². The summed E-state index contributed by atoms with van der Waals surface area (Å²) in [5.41, 5.74) is 13.2. The summed E-state index contributed by atoms with van der Waals surface area (Å²) < 4.78 is 11.0. The molecule has 1 aliphatic rings. The standard InChI is InChI=1S/C25H22N2O5/c26-19-9-5-16(6-10-19)23(29)31-14-25(13-18-3-1-2-4-21(18)22(25)28)15-32-24(30)17-7-11-20(27)12-8-17/h1-12H,13-15,26-27H2. The zero-order valence-electron chi connectivity index (χ0n) is 17.2. The molecule has 0 spiro atoms. The Balaban J connectivity index is 1.53. The van der Waals surface area contributed by atoms with Gasteiger partial charge in [-0.3, -0.25) is 4.79 Å². The van der Waals surface area contributed by atoms with Crippen molar-refractivity contribution in [2.75, 3.05) is 24.7 Å². The van der Waals surface area contributed by atoms with E-state index in [1.54, 1.807) is 60.7 Å². The van der Waals surface area contributed by atoms with Gasteiger partial charge in [0.1, 0.15) is 18.6 Å². The fourth-order valence-electron chi connectivity index (χ4n) is 3.71. The summed E-state index contributed by atoms with van der Waals surface area (Å²) in [6.45, 7) is -0.447. The Kier molecular flexibility index (Phi) is 5.64. The second kappa shape index (κ2) is 8.55. The molecule has 3 aromatic carbocycles. The monoisotopic (exact) mass is 430 g/mol. The number of esters is 2. The number of nitrogens with two attached hydrogens (primary N) is 2. The summed E-state index contributed by atoms with van der Waals surface area (Å²) >= 11 is 0. The number of benzene rings is 3. The molecular formula is C25H22N2O5. The van der Waals surface area contributed by atoms with E-state index in [0.717, 1.165) is 5.56 Å². The second-order valence-electron chi connectivity index (χ2n) is 7.84. The van der Waals surface area contributed by atoms with Gasteiger partial charge in [0.15, 0.2) is 5.78 Å². The van der Waals surface area contributed by atoms with Crippen LogP contribution in [0.15, 0.2) is 72.8 Å². The minimum absolute atomic E-state index is 0.219. The molecule has 4 N–H and O–H groups in total. The van der Waals surface area contributed by atoms with Crippen LogP contribution in [0.5, 0.6) is 0 Å². The second-order valence-corrected chi connectivity index (χ2v) is 7.84. The van der Waals surface area contributed by atoms with Crippen molar-refractivity contribution >= 4 is 29.1 Å². The Morgan fingerprint density at radius 1 is 0.750 bits per heavy atom. The molecular weight excluding hydrogens is 408 g/mol. The third-order valence-corrected chi connectivity index (χ3v) is 5.52. The molecule has 4 rings (SSSR count). The topological polar surface area (TPSA) is 122 Å². The third-order valence-electron chi connectivity index (χ3n) is 5.52. The van der Waals surface area contributed by atoms with Crippen LogP contribution in [0.1, 0.15) is 36.6 Å². The number of fused-ring (bicyclic) bond motifs is 1. The highest BCUT2D eigenvalue weighted by molar-refractivity contribution is 6.05. The maximum absolute atomic E-state index is 13.3. The zero-order valence-corrected chi connectivity index (χ0v) is 17.2. The van der Waals surface area contributed by atoms with Crippen molar-refractivity contribution in [1.29, 1.82) is 0 Å². The largest absolute Gasteiger partial charge is 0.461 e. The summed E-state index contributed by atoms with van der Waals surface area (Å²) in [5, 5.41) is 0. The van der Waals surface area contributed by atoms with Crippen molar-refractivity contribution < 1.29 is 23.9 Å². The Morgan fingerprint density at radius 2 is 1.22 bits per heavy atom. The molecule has 7 heteroatoms. The minimum atomic E-state index is -1.20. The van der Waals surface area contributed by atoms with Gasteiger partial charge in [-0.2, -0.15) is 0 Å². The van der Waals surface area contributed by atoms with Crippen LogP contribution in [0.4, 0.5) is 11.4 Å². The van der Waals surface area contributed by atoms with Crippen molar-refractivity contribution in [3.8, 4) is 0 Å². The minimum Gasteiger partial charge on any atom is -0.461 e. The number of nitrogen functional groups attached to an aromatic ring is 2. The number of carbonyl (C=O) groups is 3. The molecule has 0 heterocycles. The lowest BCUT2D eigenvalue weighted by Gasteiger charge is -2.26. The van der Waals surface area contributed by atoms with Crippen LogP contribution in [0, 0.1) is 5.41 Å². The quantitative estimate of drug-likeness (QED) is 0.454. The van der Waals surface area contributed by atoms with Gasteiger partial charge in [-0.15, -0.1) is 0 Å². The van der Waals surface area contributed by atoms with Crippen molar-refractivity contribution in [1.82, 2.24) is 0 Å². The molecule has 0 amide bonds. The number of ether oxygens (including phenoxy) is 2. The first kappa shape index (κ1) is 21.1. The first-order valence-corrected chi connectivity index (χ1v) is 10.1. The van der Waals surface area contributed by atoms with Crippen LogP contribution in [0.3, 0.4) is 0 Å². The van der Waals surface area contributed by atoms with E-state index in [2.05, 4.69) is 0 Å². The van der Waals surface area contributed by atoms with Gasteiger partial charge in [0.2, 0.25) is 0 Å². The summed E-state index contributed by atoms with van der Waals surface area (Å²) in [5.74, 6) is -1.39. The maximum atomic E-state index is 13.3. The van der Waals surface area contributed by atoms with Crippen LogP contribution in [-0.2, 0) is 15.9 Å². The average molecular weight is 430 g/mol. The van der Waals surface area contributed by atoms with Gasteiger partial charge in [0.25, 0.3) is 0 Å². The van der Waals surface area contributed by atoms with Gasteiger partial charge in [-0.1, -0.05) is 24.3 Å². The highest BCUT2D eigenvalue weighted by Crippen LogP contribution is 2.38. The Labute approximate surface area is 184 Å². The molecule has 0 unspecified atom stereocenters. The molecule has 162 valence electrons. The average Bonchev–Trinajstić information content (AvgIpc) is 3.09. The summed E-state index contributed by atoms with van der Waals surface area (Å²) in [6.07, 6.45) is 0.298. The van der Waals surface area contributed by atoms with E-state index in [1.807, 2.05) is 12.1 Å². The van der Waals surface area contributed by atoms with E-state index in [0.29, 0.717) is 34.5 Å². The lowest BCUT2D eigenvalue weighted by molar-refractivity contribution is 0.00275. The lowest BCUT2D eigenvalue weighted by atomic mass is 9.85. The summed E-state index contributed by atoms with van der Waals surface area (Å²) in [6, 6.07) is 19.8. The third kappa shape index (κ3) is 4.18. The van der Waals surface area contributed by atoms with Crippen LogP contribution in [0.25, 0.3) is 0 Å². The predicted octanol–water partition coefficient (Wildman–Crippen LogP) is 3.29. The Hall–Kier alpha value is -4.13. The first-order valence-electron chi connectivity index (χ1n) is 10.1. The van der Waals surface area contributed by atoms with Gasteiger partial charge < -0.3 is 20.9 Å². The summed E-state index contributed by atoms with van der Waals surface area (Å²) in [7, 11) is 0. The maximum Gasteiger partial charge on any atom is 0.338 e. The zero-order chi connectivity index (χ0) is 22.7. The van der Waals surface area contributed by atoms with E-state index in [1.165, 1.54) is 0 Å². The number of rotatable bonds is 6. The van der Waals surface area contributed by atoms with Gasteiger partial charge in [-0.25, -0.2) is 9.59 Å². The van der Waals surface area contributed by atoms with E-state index < -0.39 is 17.4 Å². The molecule has 0 bridgehead atoms. The van der Waals surface area contributed by atoms with Crippen LogP contribution in [0.2, 0.25) is 0 Å². The fourth-order valence-corrected chi connectivity index (χ4v) is 3.71. The summed E-state index contributed by atoms with van der Waals surface area (Å²) in [4.78, 5) is 38.4. The predicted molar refractivity (Wildman–Crippen MR) is 119 cm³/mol. The number of carbonyl (C=O) groups excluding carboxylic acids is 3. The molecule has 7 nitrogen and oxygen atoms in total. The van der Waals surface area contributed by atoms with E-state index in [-0.39, 0.29) is 19.0 Å². The number of hydrogen-bond acceptors (Lipinski definition) is 7. The molecule has 0 fully saturated rings. The van der Waals surface area contributed by atoms with E-state index >= 15 is 0 Å². The molecule has 0 aliphatic heterocycles. The normalized spacial score (nSPS) is 13.9. The molecule has 0 saturated carbocycles. The van der Waals surface area contributed by atoms with Gasteiger partial charge in [-0.05, 0) is 60.5 Å². The van der Waals surface area contributed by atoms with Crippen molar-refractivity contribution in [3.05, 3.63) is 95.1 Å². The molecule has 0 atom stereocenters. The van der Waals surface area contributed by atoms with Gasteiger partial charge in [0.05, 0.1) is 11.1 Å².